The number of rotatable bonds is 7. The van der Waals surface area contributed by atoms with Crippen LogP contribution in [0.3, 0.4) is 0 Å². The molecule has 0 atom stereocenters. The molecule has 0 amide bonds. The summed E-state index contributed by atoms with van der Waals surface area (Å²) in [5.41, 5.74) is 10.7. The molecule has 3 aliphatic rings. The lowest BCUT2D eigenvalue weighted by atomic mass is 9.89. The van der Waals surface area contributed by atoms with Gasteiger partial charge in [0, 0.05) is 24.4 Å². The first-order valence-electron chi connectivity index (χ1n) is 11.0. The van der Waals surface area contributed by atoms with Gasteiger partial charge in [-0.25, -0.2) is 0 Å². The van der Waals surface area contributed by atoms with Crippen molar-refractivity contribution in [3.63, 3.8) is 0 Å². The monoisotopic (exact) mass is 395 g/mol. The van der Waals surface area contributed by atoms with Crippen molar-refractivity contribution >= 4 is 17.0 Å². The summed E-state index contributed by atoms with van der Waals surface area (Å²) in [6, 6.07) is 13.5. The number of fused-ring (bicyclic) bond motifs is 6. The molecule has 0 spiro atoms. The van der Waals surface area contributed by atoms with Crippen LogP contribution in [0.4, 0.5) is 0 Å². The summed E-state index contributed by atoms with van der Waals surface area (Å²) in [5, 5.41) is 14.9. The van der Waals surface area contributed by atoms with Crippen LogP contribution in [-0.4, -0.2) is 16.4 Å². The molecule has 0 fully saturated rings. The van der Waals surface area contributed by atoms with E-state index in [9.17, 15) is 0 Å². The Bertz CT molecular complexity index is 1200. The number of unbranched alkanes of at least 4 members (excludes halogenated alkanes) is 3. The number of benzene rings is 2. The van der Waals surface area contributed by atoms with E-state index in [-0.39, 0.29) is 0 Å². The maximum Gasteiger partial charge on any atom is 0.109 e. The molecule has 2 aromatic rings. The van der Waals surface area contributed by atoms with Crippen molar-refractivity contribution in [3.8, 4) is 22.3 Å². The van der Waals surface area contributed by atoms with Crippen LogP contribution in [0, 0.1) is 0 Å². The molecule has 3 nitrogen and oxygen atoms in total. The van der Waals surface area contributed by atoms with E-state index in [2.05, 4.69) is 65.9 Å². The Morgan fingerprint density at radius 1 is 1.07 bits per heavy atom. The van der Waals surface area contributed by atoms with Crippen LogP contribution in [-0.2, 0) is 19.3 Å². The lowest BCUT2D eigenvalue weighted by Gasteiger charge is -2.15. The number of nitrogens with zero attached hydrogens (tertiary/aromatic N) is 1. The van der Waals surface area contributed by atoms with E-state index in [1.54, 1.807) is 0 Å². The number of pyridine rings is 1. The Hall–Kier alpha value is -3.07. The molecule has 0 unspecified atom stereocenters. The Labute approximate surface area is 177 Å². The maximum atomic E-state index is 9.14. The second-order valence-electron chi connectivity index (χ2n) is 8.38. The number of hydrogen-bond donors (Lipinski definition) is 2. The van der Waals surface area contributed by atoms with E-state index in [4.69, 9.17) is 5.21 Å². The zero-order valence-corrected chi connectivity index (χ0v) is 17.5. The largest absolute Gasteiger partial charge is 0.411 e. The summed E-state index contributed by atoms with van der Waals surface area (Å²) >= 11 is 0. The fourth-order valence-corrected chi connectivity index (χ4v) is 5.23. The molecule has 3 heteroatoms. The van der Waals surface area contributed by atoms with Crippen LogP contribution >= 0.6 is 0 Å². The van der Waals surface area contributed by atoms with Crippen molar-refractivity contribution < 1.29 is 5.21 Å². The second kappa shape index (κ2) is 7.98. The van der Waals surface area contributed by atoms with E-state index in [1.807, 2.05) is 6.20 Å². The maximum absolute atomic E-state index is 9.14. The summed E-state index contributed by atoms with van der Waals surface area (Å²) in [7, 11) is 0. The van der Waals surface area contributed by atoms with Crippen LogP contribution in [0.1, 0.15) is 54.9 Å². The zero-order valence-electron chi connectivity index (χ0n) is 17.5. The minimum absolute atomic E-state index is 0.508. The highest BCUT2D eigenvalue weighted by Crippen LogP contribution is 2.47. The highest BCUT2D eigenvalue weighted by Gasteiger charge is 2.27. The molecule has 151 valence electrons. The average Bonchev–Trinajstić information content (AvgIpc) is 3.32. The van der Waals surface area contributed by atoms with Gasteiger partial charge in [-0.05, 0) is 81.1 Å². The number of aromatic amines is 1. The third-order valence-electron chi connectivity index (χ3n) is 6.52. The van der Waals surface area contributed by atoms with E-state index in [1.165, 1.54) is 81.0 Å². The molecule has 5 rings (SSSR count). The Kier molecular flexibility index (Phi) is 5.04. The number of H-pyrrole nitrogens is 1. The van der Waals surface area contributed by atoms with E-state index in [0.717, 1.165) is 12.8 Å². The summed E-state index contributed by atoms with van der Waals surface area (Å²) in [5.74, 6) is 0. The molecule has 1 radical (unpaired) electrons. The van der Waals surface area contributed by atoms with Crippen molar-refractivity contribution in [2.45, 2.75) is 51.9 Å². The predicted molar refractivity (Wildman–Crippen MR) is 124 cm³/mol. The standard InChI is InChI=1S/C27H27N2O/c1-2-3-4-5-7-18-8-6-9-20-15-22-16-21-14-19-10-12-28-17-24(19)26(21)23(11-13-29-30)27(22)25(18)20/h6,8-10,12,14,16-17,28,30H,2-5,7,11,15H2,1H3. The first kappa shape index (κ1) is 18.9. The molecule has 2 aromatic carbocycles. The van der Waals surface area contributed by atoms with Crippen molar-refractivity contribution in [1.29, 1.82) is 0 Å². The topological polar surface area (TPSA) is 48.4 Å². The Morgan fingerprint density at radius 2 is 2.00 bits per heavy atom. The summed E-state index contributed by atoms with van der Waals surface area (Å²) < 4.78 is 0. The number of hydrogen-bond acceptors (Lipinski definition) is 2. The van der Waals surface area contributed by atoms with Gasteiger partial charge in [-0.3, -0.25) is 0 Å². The number of nitrogens with one attached hydrogen (secondary N) is 1. The quantitative estimate of drug-likeness (QED) is 0.135. The van der Waals surface area contributed by atoms with Crippen molar-refractivity contribution in [3.05, 3.63) is 71.0 Å². The number of aromatic nitrogens is 1. The van der Waals surface area contributed by atoms with Crippen LogP contribution < -0.4 is 0 Å². The van der Waals surface area contributed by atoms with Crippen molar-refractivity contribution in [2.24, 2.45) is 5.16 Å². The molecular weight excluding hydrogens is 368 g/mol. The van der Waals surface area contributed by atoms with Gasteiger partial charge in [0.1, 0.15) is 6.21 Å². The van der Waals surface area contributed by atoms with Gasteiger partial charge in [-0.2, -0.15) is 0 Å². The smallest absolute Gasteiger partial charge is 0.109 e. The second-order valence-corrected chi connectivity index (χ2v) is 8.38. The van der Waals surface area contributed by atoms with Crippen LogP contribution in [0.2, 0.25) is 0 Å². The SMILES string of the molecule is CCCCCCc1cccc2c1-c1c(cc3cc4cc[nH]cc-4c3c1C[C]=NO)C2. The molecular formula is C27H27N2O. The van der Waals surface area contributed by atoms with Gasteiger partial charge in [0.15, 0.2) is 0 Å². The highest BCUT2D eigenvalue weighted by molar-refractivity contribution is 6.09. The molecule has 1 heterocycles. The summed E-state index contributed by atoms with van der Waals surface area (Å²) in [6.07, 6.45) is 14.5. The third kappa shape index (κ3) is 3.09. The van der Waals surface area contributed by atoms with Gasteiger partial charge in [0.25, 0.3) is 0 Å². The predicted octanol–water partition coefficient (Wildman–Crippen LogP) is 6.85. The van der Waals surface area contributed by atoms with Gasteiger partial charge in [0.2, 0.25) is 0 Å². The average molecular weight is 396 g/mol. The lowest BCUT2D eigenvalue weighted by Crippen LogP contribution is -1.97. The molecule has 30 heavy (non-hydrogen) atoms. The lowest BCUT2D eigenvalue weighted by molar-refractivity contribution is 0.321. The first-order chi connectivity index (χ1) is 14.8. The molecule has 0 bridgehead atoms. The molecule has 2 N–H and O–H groups in total. The summed E-state index contributed by atoms with van der Waals surface area (Å²) in [6.45, 7) is 2.26. The summed E-state index contributed by atoms with van der Waals surface area (Å²) in [4.78, 5) is 3.24. The van der Waals surface area contributed by atoms with Crippen LogP contribution in [0.25, 0.3) is 33.0 Å². The minimum atomic E-state index is 0.508. The normalized spacial score (nSPS) is 12.8. The van der Waals surface area contributed by atoms with Crippen LogP contribution in [0.15, 0.2) is 53.9 Å². The fourth-order valence-electron chi connectivity index (χ4n) is 5.23. The van der Waals surface area contributed by atoms with E-state index >= 15 is 0 Å². The van der Waals surface area contributed by atoms with Crippen LogP contribution in [0.5, 0.6) is 0 Å². The molecule has 0 saturated carbocycles. The molecule has 2 aliphatic carbocycles. The van der Waals surface area contributed by atoms with E-state index < -0.39 is 0 Å². The first-order valence-corrected chi connectivity index (χ1v) is 11.0. The van der Waals surface area contributed by atoms with Crippen molar-refractivity contribution in [2.75, 3.05) is 0 Å². The van der Waals surface area contributed by atoms with E-state index in [0.29, 0.717) is 6.42 Å². The minimum Gasteiger partial charge on any atom is -0.411 e. The molecule has 0 aromatic heterocycles. The third-order valence-corrected chi connectivity index (χ3v) is 6.52. The zero-order chi connectivity index (χ0) is 20.5. The van der Waals surface area contributed by atoms with Crippen molar-refractivity contribution in [1.82, 2.24) is 4.98 Å². The fraction of sp³-hybridized carbons (Fsp3) is 0.296. The van der Waals surface area contributed by atoms with Gasteiger partial charge >= 0.3 is 0 Å². The highest BCUT2D eigenvalue weighted by atomic mass is 16.4. The Balaban J connectivity index is 1.71. The molecule has 0 saturated heterocycles. The number of aryl methyl sites for hydroxylation is 1. The molecule has 1 aliphatic heterocycles. The van der Waals surface area contributed by atoms with Gasteiger partial charge < -0.3 is 10.2 Å². The van der Waals surface area contributed by atoms with Gasteiger partial charge in [-0.1, -0.05) is 55.6 Å². The van der Waals surface area contributed by atoms with Gasteiger partial charge in [0.05, 0.1) is 0 Å². The Morgan fingerprint density at radius 3 is 2.87 bits per heavy atom. The van der Waals surface area contributed by atoms with Gasteiger partial charge in [-0.15, -0.1) is 0 Å².